The zero-order chi connectivity index (χ0) is 16.6. The van der Waals surface area contributed by atoms with Gasteiger partial charge in [0.2, 0.25) is 0 Å². The van der Waals surface area contributed by atoms with Crippen molar-refractivity contribution in [3.05, 3.63) is 36.8 Å². The highest BCUT2D eigenvalue weighted by Crippen LogP contribution is 2.19. The average molecular weight is 329 g/mol. The monoisotopic (exact) mass is 329 g/mol. The quantitative estimate of drug-likeness (QED) is 0.707. The van der Waals surface area contributed by atoms with Gasteiger partial charge in [-0.05, 0) is 25.1 Å². The van der Waals surface area contributed by atoms with Gasteiger partial charge >= 0.3 is 6.03 Å². The van der Waals surface area contributed by atoms with E-state index in [2.05, 4.69) is 25.5 Å². The number of hydrogen-bond donors (Lipinski definition) is 3. The molecule has 7 heteroatoms. The first kappa shape index (κ1) is 16.5. The normalized spacial score (nSPS) is 15.2. The summed E-state index contributed by atoms with van der Waals surface area (Å²) in [4.78, 5) is 21.4. The summed E-state index contributed by atoms with van der Waals surface area (Å²) < 4.78 is 5.32. The Balaban J connectivity index is 1.41. The van der Waals surface area contributed by atoms with E-state index in [1.165, 1.54) is 0 Å². The molecule has 1 saturated heterocycles. The van der Waals surface area contributed by atoms with E-state index in [0.29, 0.717) is 6.54 Å². The number of carbonyl (C=O) groups excluding carboxylic acids is 1. The zero-order valence-corrected chi connectivity index (χ0v) is 13.6. The third-order valence-corrected chi connectivity index (χ3v) is 3.97. The Morgan fingerprint density at radius 3 is 3.00 bits per heavy atom. The molecule has 128 valence electrons. The van der Waals surface area contributed by atoms with Crippen molar-refractivity contribution >= 4 is 11.7 Å². The molecule has 1 aromatic carbocycles. The number of carbonyl (C=O) groups is 1. The van der Waals surface area contributed by atoms with Crippen LogP contribution in [0.15, 0.2) is 36.8 Å². The Morgan fingerprint density at radius 2 is 2.21 bits per heavy atom. The second kappa shape index (κ2) is 8.47. The molecule has 0 bridgehead atoms. The van der Waals surface area contributed by atoms with Crippen molar-refractivity contribution in [1.29, 1.82) is 0 Å². The Bertz CT molecular complexity index is 638. The molecule has 1 fully saturated rings. The fraction of sp³-hybridized carbons (Fsp3) is 0.412. The molecule has 3 N–H and O–H groups in total. The molecule has 0 atom stereocenters. The Morgan fingerprint density at radius 1 is 1.33 bits per heavy atom. The standard InChI is InChI=1S/C17H23N5O2/c23-17(19-5-2-6-22-7-9-24-10-8-22)21-15-4-1-3-14(11-15)16-12-18-13-20-16/h1,3-4,11-13H,2,5-10H2,(H,18,20)(H2,19,21,23). The van der Waals surface area contributed by atoms with Gasteiger partial charge in [-0.1, -0.05) is 12.1 Å². The number of nitrogens with one attached hydrogen (secondary N) is 3. The summed E-state index contributed by atoms with van der Waals surface area (Å²) in [6.07, 6.45) is 4.32. The zero-order valence-electron chi connectivity index (χ0n) is 13.6. The van der Waals surface area contributed by atoms with E-state index in [1.54, 1.807) is 12.5 Å². The van der Waals surface area contributed by atoms with Crippen LogP contribution in [-0.2, 0) is 4.74 Å². The van der Waals surface area contributed by atoms with Gasteiger partial charge in [-0.15, -0.1) is 0 Å². The molecule has 1 aromatic heterocycles. The van der Waals surface area contributed by atoms with Gasteiger partial charge in [0, 0.05) is 30.9 Å². The molecule has 2 heterocycles. The Kier molecular flexibility index (Phi) is 5.81. The van der Waals surface area contributed by atoms with Gasteiger partial charge in [0.25, 0.3) is 0 Å². The van der Waals surface area contributed by atoms with Gasteiger partial charge in [0.15, 0.2) is 0 Å². The number of rotatable bonds is 6. The predicted octanol–water partition coefficient (Wildman–Crippen LogP) is 1.92. The van der Waals surface area contributed by atoms with Crippen LogP contribution in [0.2, 0.25) is 0 Å². The van der Waals surface area contributed by atoms with Crippen molar-refractivity contribution in [2.75, 3.05) is 44.7 Å². The molecule has 0 radical (unpaired) electrons. The number of urea groups is 1. The predicted molar refractivity (Wildman–Crippen MR) is 92.9 cm³/mol. The van der Waals surface area contributed by atoms with Crippen LogP contribution in [0.3, 0.4) is 0 Å². The van der Waals surface area contributed by atoms with E-state index in [4.69, 9.17) is 4.74 Å². The van der Waals surface area contributed by atoms with Crippen molar-refractivity contribution in [2.24, 2.45) is 0 Å². The fourth-order valence-electron chi connectivity index (χ4n) is 2.68. The van der Waals surface area contributed by atoms with Crippen LogP contribution in [0.1, 0.15) is 6.42 Å². The maximum atomic E-state index is 12.0. The SMILES string of the molecule is O=C(NCCCN1CCOCC1)Nc1cccc(-c2cnc[nH]2)c1. The van der Waals surface area contributed by atoms with Crippen molar-refractivity contribution in [3.63, 3.8) is 0 Å². The molecule has 7 nitrogen and oxygen atoms in total. The van der Waals surface area contributed by atoms with Gasteiger partial charge in [0.05, 0.1) is 31.4 Å². The third-order valence-electron chi connectivity index (χ3n) is 3.97. The number of nitrogens with zero attached hydrogens (tertiary/aromatic N) is 2. The minimum Gasteiger partial charge on any atom is -0.379 e. The van der Waals surface area contributed by atoms with Crippen molar-refractivity contribution in [1.82, 2.24) is 20.2 Å². The summed E-state index contributed by atoms with van der Waals surface area (Å²) in [5.74, 6) is 0. The van der Waals surface area contributed by atoms with Crippen LogP contribution in [0.4, 0.5) is 10.5 Å². The number of morpholine rings is 1. The summed E-state index contributed by atoms with van der Waals surface area (Å²) in [6, 6.07) is 7.48. The van der Waals surface area contributed by atoms with Gasteiger partial charge < -0.3 is 20.4 Å². The van der Waals surface area contributed by atoms with E-state index >= 15 is 0 Å². The summed E-state index contributed by atoms with van der Waals surface area (Å²) in [5, 5.41) is 5.76. The summed E-state index contributed by atoms with van der Waals surface area (Å²) in [6.45, 7) is 5.21. The Labute approximate surface area is 141 Å². The molecule has 3 rings (SSSR count). The van der Waals surface area contributed by atoms with E-state index in [-0.39, 0.29) is 6.03 Å². The first-order chi connectivity index (χ1) is 11.8. The largest absolute Gasteiger partial charge is 0.379 e. The molecular weight excluding hydrogens is 306 g/mol. The first-order valence-electron chi connectivity index (χ1n) is 8.25. The van der Waals surface area contributed by atoms with Crippen molar-refractivity contribution in [3.8, 4) is 11.3 Å². The van der Waals surface area contributed by atoms with Gasteiger partial charge in [-0.3, -0.25) is 4.90 Å². The minimum absolute atomic E-state index is 0.182. The first-order valence-corrected chi connectivity index (χ1v) is 8.25. The lowest BCUT2D eigenvalue weighted by Crippen LogP contribution is -2.38. The summed E-state index contributed by atoms with van der Waals surface area (Å²) in [5.41, 5.74) is 2.66. The highest BCUT2D eigenvalue weighted by Gasteiger charge is 2.09. The number of hydrogen-bond acceptors (Lipinski definition) is 4. The Hall–Kier alpha value is -2.38. The molecule has 0 aliphatic carbocycles. The number of H-pyrrole nitrogens is 1. The molecule has 2 aromatic rings. The molecule has 1 aliphatic rings. The average Bonchev–Trinajstić information content (AvgIpc) is 3.15. The van der Waals surface area contributed by atoms with Crippen LogP contribution in [0, 0.1) is 0 Å². The number of aromatic amines is 1. The van der Waals surface area contributed by atoms with E-state index in [1.807, 2.05) is 24.3 Å². The van der Waals surface area contributed by atoms with E-state index in [0.717, 1.165) is 56.2 Å². The number of anilines is 1. The second-order valence-electron chi connectivity index (χ2n) is 5.73. The topological polar surface area (TPSA) is 82.3 Å². The second-order valence-corrected chi connectivity index (χ2v) is 5.73. The van der Waals surface area contributed by atoms with Crippen LogP contribution >= 0.6 is 0 Å². The van der Waals surface area contributed by atoms with Crippen molar-refractivity contribution in [2.45, 2.75) is 6.42 Å². The summed E-state index contributed by atoms with van der Waals surface area (Å²) >= 11 is 0. The maximum absolute atomic E-state index is 12.0. The summed E-state index contributed by atoms with van der Waals surface area (Å²) in [7, 11) is 0. The minimum atomic E-state index is -0.182. The number of imidazole rings is 1. The van der Waals surface area contributed by atoms with Gasteiger partial charge in [-0.2, -0.15) is 0 Å². The number of ether oxygens (including phenoxy) is 1. The van der Waals surface area contributed by atoms with Crippen LogP contribution in [0.25, 0.3) is 11.3 Å². The molecule has 0 spiro atoms. The lowest BCUT2D eigenvalue weighted by molar-refractivity contribution is 0.0375. The lowest BCUT2D eigenvalue weighted by atomic mass is 10.1. The molecule has 0 unspecified atom stereocenters. The highest BCUT2D eigenvalue weighted by atomic mass is 16.5. The van der Waals surface area contributed by atoms with Gasteiger partial charge in [-0.25, -0.2) is 9.78 Å². The van der Waals surface area contributed by atoms with E-state index in [9.17, 15) is 4.79 Å². The molecule has 24 heavy (non-hydrogen) atoms. The molecule has 1 aliphatic heterocycles. The number of amides is 2. The van der Waals surface area contributed by atoms with Crippen LogP contribution < -0.4 is 10.6 Å². The maximum Gasteiger partial charge on any atom is 0.319 e. The van der Waals surface area contributed by atoms with Crippen LogP contribution in [-0.4, -0.2) is 60.3 Å². The number of benzene rings is 1. The molecule has 0 saturated carbocycles. The van der Waals surface area contributed by atoms with E-state index < -0.39 is 0 Å². The van der Waals surface area contributed by atoms with Gasteiger partial charge in [0.1, 0.15) is 0 Å². The fourth-order valence-corrected chi connectivity index (χ4v) is 2.68. The van der Waals surface area contributed by atoms with Crippen molar-refractivity contribution < 1.29 is 9.53 Å². The lowest BCUT2D eigenvalue weighted by Gasteiger charge is -2.26. The molecule has 2 amide bonds. The highest BCUT2D eigenvalue weighted by molar-refractivity contribution is 5.89. The number of aromatic nitrogens is 2. The van der Waals surface area contributed by atoms with Crippen LogP contribution in [0.5, 0.6) is 0 Å². The molecular formula is C17H23N5O2. The third kappa shape index (κ3) is 4.81. The smallest absolute Gasteiger partial charge is 0.319 e.